The van der Waals surface area contributed by atoms with Gasteiger partial charge >= 0.3 is 0 Å². The van der Waals surface area contributed by atoms with Crippen LogP contribution in [0.5, 0.6) is 5.75 Å². The van der Waals surface area contributed by atoms with Crippen LogP contribution in [0, 0.1) is 0 Å². The molecule has 0 saturated heterocycles. The molecule has 104 valence electrons. The fraction of sp³-hybridized carbons (Fsp3) is 0.400. The van der Waals surface area contributed by atoms with Crippen LogP contribution in [0.1, 0.15) is 12.0 Å². The Hall–Kier alpha value is -1.81. The highest BCUT2D eigenvalue weighted by atomic mass is 16.5. The summed E-state index contributed by atoms with van der Waals surface area (Å²) in [4.78, 5) is 13.6. The van der Waals surface area contributed by atoms with Crippen LogP contribution in [0.3, 0.4) is 0 Å². The first-order chi connectivity index (χ1) is 9.21. The predicted octanol–water partition coefficient (Wildman–Crippen LogP) is 1.63. The summed E-state index contributed by atoms with van der Waals surface area (Å²) in [5.74, 6) is 0.819. The summed E-state index contributed by atoms with van der Waals surface area (Å²) in [5.41, 5.74) is 1.07. The highest BCUT2D eigenvalue weighted by molar-refractivity contribution is 5.76. The third kappa shape index (κ3) is 5.14. The molecule has 1 rings (SSSR count). The number of hydrogen-bond acceptors (Lipinski definition) is 3. The summed E-state index contributed by atoms with van der Waals surface area (Å²) >= 11 is 0. The molecular formula is C15H21NO3. The van der Waals surface area contributed by atoms with Crippen LogP contribution in [0.25, 0.3) is 0 Å². The Morgan fingerprint density at radius 1 is 1.53 bits per heavy atom. The lowest BCUT2D eigenvalue weighted by molar-refractivity contribution is -0.131. The Morgan fingerprint density at radius 2 is 2.32 bits per heavy atom. The number of carbonyl (C=O) groups is 1. The van der Waals surface area contributed by atoms with E-state index in [0.29, 0.717) is 25.9 Å². The van der Waals surface area contributed by atoms with Crippen LogP contribution in [0.2, 0.25) is 0 Å². The van der Waals surface area contributed by atoms with Crippen LogP contribution in [0.4, 0.5) is 0 Å². The molecule has 0 radical (unpaired) electrons. The van der Waals surface area contributed by atoms with Crippen molar-refractivity contribution < 1.29 is 14.6 Å². The lowest BCUT2D eigenvalue weighted by Gasteiger charge is -2.19. The molecule has 19 heavy (non-hydrogen) atoms. The SMILES string of the molecule is C=CCN(CCO)C(=O)CCc1cccc(OC)c1. The topological polar surface area (TPSA) is 49.8 Å². The first-order valence-electron chi connectivity index (χ1n) is 6.33. The van der Waals surface area contributed by atoms with Gasteiger partial charge in [0.2, 0.25) is 5.91 Å². The molecule has 1 aromatic rings. The zero-order valence-corrected chi connectivity index (χ0v) is 11.3. The third-order valence-corrected chi connectivity index (χ3v) is 2.83. The van der Waals surface area contributed by atoms with Crippen LogP contribution < -0.4 is 4.74 Å². The fourth-order valence-corrected chi connectivity index (χ4v) is 1.83. The first kappa shape index (κ1) is 15.2. The van der Waals surface area contributed by atoms with E-state index in [1.165, 1.54) is 0 Å². The Labute approximate surface area is 114 Å². The second-order valence-electron chi connectivity index (χ2n) is 4.20. The zero-order valence-electron chi connectivity index (χ0n) is 11.3. The summed E-state index contributed by atoms with van der Waals surface area (Å²) in [7, 11) is 1.62. The molecule has 0 spiro atoms. The lowest BCUT2D eigenvalue weighted by Crippen LogP contribution is -2.33. The average molecular weight is 263 g/mol. The van der Waals surface area contributed by atoms with Crippen molar-refractivity contribution in [1.29, 1.82) is 0 Å². The quantitative estimate of drug-likeness (QED) is 0.725. The van der Waals surface area contributed by atoms with Crippen LogP contribution >= 0.6 is 0 Å². The standard InChI is InChI=1S/C15H21NO3/c1-3-9-16(10-11-17)15(18)8-7-13-5-4-6-14(12-13)19-2/h3-6,12,17H,1,7-11H2,2H3. The molecule has 0 aliphatic carbocycles. The molecule has 0 aromatic heterocycles. The van der Waals surface area contributed by atoms with Gasteiger partial charge in [-0.15, -0.1) is 6.58 Å². The molecule has 1 N–H and O–H groups in total. The summed E-state index contributed by atoms with van der Waals surface area (Å²) < 4.78 is 5.14. The minimum absolute atomic E-state index is 0.0248. The Kier molecular flexibility index (Phi) is 6.68. The van der Waals surface area contributed by atoms with Crippen molar-refractivity contribution in [3.8, 4) is 5.75 Å². The van der Waals surface area contributed by atoms with Gasteiger partial charge in [0.15, 0.2) is 0 Å². The van der Waals surface area contributed by atoms with E-state index < -0.39 is 0 Å². The number of hydrogen-bond donors (Lipinski definition) is 1. The molecular weight excluding hydrogens is 242 g/mol. The van der Waals surface area contributed by atoms with Crippen molar-refractivity contribution >= 4 is 5.91 Å². The van der Waals surface area contributed by atoms with E-state index in [9.17, 15) is 4.79 Å². The molecule has 1 amide bonds. The van der Waals surface area contributed by atoms with Gasteiger partial charge in [-0.05, 0) is 24.1 Å². The average Bonchev–Trinajstić information content (AvgIpc) is 2.44. The van der Waals surface area contributed by atoms with Gasteiger partial charge in [0.1, 0.15) is 5.75 Å². The zero-order chi connectivity index (χ0) is 14.1. The Morgan fingerprint density at radius 3 is 2.95 bits per heavy atom. The number of aliphatic hydroxyl groups is 1. The maximum Gasteiger partial charge on any atom is 0.223 e. The molecule has 0 heterocycles. The number of aliphatic hydroxyl groups excluding tert-OH is 1. The monoisotopic (exact) mass is 263 g/mol. The number of methoxy groups -OCH3 is 1. The van der Waals surface area contributed by atoms with Gasteiger partial charge in [-0.25, -0.2) is 0 Å². The summed E-state index contributed by atoms with van der Waals surface area (Å²) in [5, 5.41) is 8.92. The van der Waals surface area contributed by atoms with Gasteiger partial charge < -0.3 is 14.7 Å². The van der Waals surface area contributed by atoms with E-state index in [-0.39, 0.29) is 12.5 Å². The second kappa shape index (κ2) is 8.32. The number of ether oxygens (including phenoxy) is 1. The van der Waals surface area contributed by atoms with Crippen molar-refractivity contribution in [2.75, 3.05) is 26.8 Å². The van der Waals surface area contributed by atoms with Crippen molar-refractivity contribution in [2.24, 2.45) is 0 Å². The number of benzene rings is 1. The van der Waals surface area contributed by atoms with Gasteiger partial charge in [-0.1, -0.05) is 18.2 Å². The highest BCUT2D eigenvalue weighted by Crippen LogP contribution is 2.14. The molecule has 0 unspecified atom stereocenters. The molecule has 0 fully saturated rings. The molecule has 0 atom stereocenters. The normalized spacial score (nSPS) is 10.0. The summed E-state index contributed by atoms with van der Waals surface area (Å²) in [6.45, 7) is 4.40. The fourth-order valence-electron chi connectivity index (χ4n) is 1.83. The van der Waals surface area contributed by atoms with Gasteiger partial charge in [-0.3, -0.25) is 4.79 Å². The van der Waals surface area contributed by atoms with Crippen LogP contribution in [0.15, 0.2) is 36.9 Å². The van der Waals surface area contributed by atoms with Crippen molar-refractivity contribution in [3.05, 3.63) is 42.5 Å². The van der Waals surface area contributed by atoms with E-state index in [1.54, 1.807) is 18.1 Å². The number of nitrogens with zero attached hydrogens (tertiary/aromatic N) is 1. The number of amides is 1. The van der Waals surface area contributed by atoms with E-state index in [4.69, 9.17) is 9.84 Å². The van der Waals surface area contributed by atoms with E-state index in [1.807, 2.05) is 24.3 Å². The minimum atomic E-state index is -0.0290. The molecule has 1 aromatic carbocycles. The van der Waals surface area contributed by atoms with Gasteiger partial charge in [0.25, 0.3) is 0 Å². The van der Waals surface area contributed by atoms with E-state index in [0.717, 1.165) is 11.3 Å². The Bertz CT molecular complexity index is 418. The van der Waals surface area contributed by atoms with Crippen LogP contribution in [-0.4, -0.2) is 42.7 Å². The van der Waals surface area contributed by atoms with Crippen molar-refractivity contribution in [1.82, 2.24) is 4.90 Å². The number of carbonyl (C=O) groups excluding carboxylic acids is 1. The second-order valence-corrected chi connectivity index (χ2v) is 4.20. The molecule has 0 aliphatic heterocycles. The van der Waals surface area contributed by atoms with Gasteiger partial charge in [-0.2, -0.15) is 0 Å². The summed E-state index contributed by atoms with van der Waals surface area (Å²) in [6.07, 6.45) is 2.75. The first-order valence-corrected chi connectivity index (χ1v) is 6.33. The molecule has 4 heteroatoms. The largest absolute Gasteiger partial charge is 0.497 e. The van der Waals surface area contributed by atoms with Gasteiger partial charge in [0, 0.05) is 19.5 Å². The molecule has 0 bridgehead atoms. The maximum absolute atomic E-state index is 12.0. The van der Waals surface area contributed by atoms with Crippen molar-refractivity contribution in [2.45, 2.75) is 12.8 Å². The van der Waals surface area contributed by atoms with Crippen LogP contribution in [-0.2, 0) is 11.2 Å². The molecule has 0 aliphatic rings. The summed E-state index contributed by atoms with van der Waals surface area (Å²) in [6, 6.07) is 7.69. The maximum atomic E-state index is 12.0. The minimum Gasteiger partial charge on any atom is -0.497 e. The number of rotatable bonds is 8. The van der Waals surface area contributed by atoms with Gasteiger partial charge in [0.05, 0.1) is 13.7 Å². The highest BCUT2D eigenvalue weighted by Gasteiger charge is 2.11. The molecule has 4 nitrogen and oxygen atoms in total. The van der Waals surface area contributed by atoms with Crippen molar-refractivity contribution in [3.63, 3.8) is 0 Å². The smallest absolute Gasteiger partial charge is 0.223 e. The van der Waals surface area contributed by atoms with E-state index >= 15 is 0 Å². The molecule has 0 saturated carbocycles. The predicted molar refractivity (Wildman–Crippen MR) is 75.2 cm³/mol. The number of aryl methyl sites for hydroxylation is 1. The van der Waals surface area contributed by atoms with E-state index in [2.05, 4.69) is 6.58 Å². The Balaban J connectivity index is 2.53. The lowest BCUT2D eigenvalue weighted by atomic mass is 10.1. The third-order valence-electron chi connectivity index (χ3n) is 2.83.